The molecule has 0 aliphatic rings. The fraction of sp³-hybridized carbons (Fsp3) is 0.0714. The number of fused-ring (bicyclic) bond motifs is 1. The summed E-state index contributed by atoms with van der Waals surface area (Å²) in [7, 11) is 0. The number of hydrogen-bond acceptors (Lipinski definition) is 3. The van der Waals surface area contributed by atoms with Gasteiger partial charge in [-0.2, -0.15) is 0 Å². The zero-order chi connectivity index (χ0) is 13.4. The molecule has 0 saturated carbocycles. The molecule has 19 heavy (non-hydrogen) atoms. The third kappa shape index (κ3) is 2.76. The highest BCUT2D eigenvalue weighted by Crippen LogP contribution is 2.31. The first-order valence-electron chi connectivity index (χ1n) is 5.71. The summed E-state index contributed by atoms with van der Waals surface area (Å²) in [6, 6.07) is 12.0. The molecule has 0 bridgehead atoms. The van der Waals surface area contributed by atoms with Crippen LogP contribution in [0, 0.1) is 6.92 Å². The highest BCUT2D eigenvalue weighted by atomic mass is 79.9. The van der Waals surface area contributed by atoms with Crippen molar-refractivity contribution < 1.29 is 0 Å². The lowest BCUT2D eigenvalue weighted by Crippen LogP contribution is -1.88. The number of rotatable bonds is 2. The Morgan fingerprint density at radius 2 is 2.05 bits per heavy atom. The van der Waals surface area contributed by atoms with Crippen molar-refractivity contribution in [3.05, 3.63) is 51.5 Å². The van der Waals surface area contributed by atoms with E-state index in [4.69, 9.17) is 11.6 Å². The molecule has 0 aliphatic heterocycles. The van der Waals surface area contributed by atoms with Crippen molar-refractivity contribution in [2.75, 3.05) is 5.32 Å². The van der Waals surface area contributed by atoms with Crippen LogP contribution in [0.25, 0.3) is 10.2 Å². The van der Waals surface area contributed by atoms with E-state index in [0.29, 0.717) is 5.02 Å². The Labute approximate surface area is 128 Å². The highest BCUT2D eigenvalue weighted by Gasteiger charge is 2.05. The largest absolute Gasteiger partial charge is 0.331 e. The van der Waals surface area contributed by atoms with Gasteiger partial charge in [-0.15, -0.1) is 0 Å². The van der Waals surface area contributed by atoms with Crippen LogP contribution in [0.5, 0.6) is 0 Å². The molecule has 2 aromatic carbocycles. The minimum atomic E-state index is 0.682. The number of nitrogens with one attached hydrogen (secondary N) is 1. The number of benzene rings is 2. The lowest BCUT2D eigenvalue weighted by molar-refractivity contribution is 1.42. The molecule has 5 heteroatoms. The maximum atomic E-state index is 6.08. The smallest absolute Gasteiger partial charge is 0.188 e. The van der Waals surface area contributed by atoms with Crippen molar-refractivity contribution in [1.29, 1.82) is 0 Å². The zero-order valence-corrected chi connectivity index (χ0v) is 13.2. The molecule has 96 valence electrons. The Morgan fingerprint density at radius 3 is 2.84 bits per heavy atom. The quantitative estimate of drug-likeness (QED) is 0.633. The molecular formula is C14H10BrClN2S. The molecule has 1 N–H and O–H groups in total. The number of aromatic nitrogens is 1. The van der Waals surface area contributed by atoms with Gasteiger partial charge in [0.15, 0.2) is 5.13 Å². The minimum Gasteiger partial charge on any atom is -0.331 e. The summed E-state index contributed by atoms with van der Waals surface area (Å²) < 4.78 is 2.07. The summed E-state index contributed by atoms with van der Waals surface area (Å²) in [4.78, 5) is 4.57. The van der Waals surface area contributed by atoms with Gasteiger partial charge in [-0.25, -0.2) is 4.98 Å². The molecule has 0 unspecified atom stereocenters. The van der Waals surface area contributed by atoms with Crippen molar-refractivity contribution in [2.45, 2.75) is 6.92 Å². The maximum absolute atomic E-state index is 6.08. The SMILES string of the molecule is Cc1ccc2sc(Nc3ccc(Br)c(Cl)c3)nc2c1. The van der Waals surface area contributed by atoms with Gasteiger partial charge in [-0.3, -0.25) is 0 Å². The molecule has 0 saturated heterocycles. The first-order chi connectivity index (χ1) is 9.11. The van der Waals surface area contributed by atoms with Crippen LogP contribution in [-0.2, 0) is 0 Å². The predicted octanol–water partition coefficient (Wildman–Crippen LogP) is 5.76. The molecule has 0 atom stereocenters. The van der Waals surface area contributed by atoms with Crippen LogP contribution < -0.4 is 5.32 Å². The monoisotopic (exact) mass is 352 g/mol. The molecule has 1 aromatic heterocycles. The number of hydrogen-bond donors (Lipinski definition) is 1. The average molecular weight is 354 g/mol. The lowest BCUT2D eigenvalue weighted by atomic mass is 10.2. The molecule has 0 spiro atoms. The van der Waals surface area contributed by atoms with Crippen LogP contribution in [0.4, 0.5) is 10.8 Å². The van der Waals surface area contributed by atoms with Gasteiger partial charge in [-0.1, -0.05) is 29.0 Å². The second-order valence-corrected chi connectivity index (χ2v) is 6.54. The Balaban J connectivity index is 1.94. The van der Waals surface area contributed by atoms with Gasteiger partial charge < -0.3 is 5.32 Å². The van der Waals surface area contributed by atoms with E-state index in [9.17, 15) is 0 Å². The first-order valence-corrected chi connectivity index (χ1v) is 7.70. The number of nitrogens with zero attached hydrogens (tertiary/aromatic N) is 1. The van der Waals surface area contributed by atoms with E-state index in [2.05, 4.69) is 51.4 Å². The first kappa shape index (κ1) is 12.9. The van der Waals surface area contributed by atoms with Gasteiger partial charge in [0, 0.05) is 10.2 Å². The molecule has 1 heterocycles. The average Bonchev–Trinajstić information content (AvgIpc) is 2.75. The summed E-state index contributed by atoms with van der Waals surface area (Å²) in [5.41, 5.74) is 3.18. The Kier molecular flexibility index (Phi) is 3.48. The van der Waals surface area contributed by atoms with Gasteiger partial charge in [0.2, 0.25) is 0 Å². The van der Waals surface area contributed by atoms with Gasteiger partial charge in [0.05, 0.1) is 15.2 Å². The third-order valence-electron chi connectivity index (χ3n) is 2.71. The normalized spacial score (nSPS) is 10.9. The van der Waals surface area contributed by atoms with Crippen molar-refractivity contribution in [2.24, 2.45) is 0 Å². The van der Waals surface area contributed by atoms with Crippen LogP contribution in [0.15, 0.2) is 40.9 Å². The van der Waals surface area contributed by atoms with Crippen molar-refractivity contribution in [3.8, 4) is 0 Å². The van der Waals surface area contributed by atoms with E-state index in [1.54, 1.807) is 11.3 Å². The van der Waals surface area contributed by atoms with Gasteiger partial charge in [0.1, 0.15) is 0 Å². The van der Waals surface area contributed by atoms with Crippen molar-refractivity contribution >= 4 is 59.9 Å². The number of aryl methyl sites for hydroxylation is 1. The molecule has 3 aromatic rings. The molecule has 3 rings (SSSR count). The minimum absolute atomic E-state index is 0.682. The van der Waals surface area contributed by atoms with Crippen LogP contribution in [0.1, 0.15) is 5.56 Å². The van der Waals surface area contributed by atoms with Gasteiger partial charge in [-0.05, 0) is 58.7 Å². The number of anilines is 2. The molecule has 0 radical (unpaired) electrons. The van der Waals surface area contributed by atoms with Crippen molar-refractivity contribution in [3.63, 3.8) is 0 Å². The predicted molar refractivity (Wildman–Crippen MR) is 86.8 cm³/mol. The summed E-state index contributed by atoms with van der Waals surface area (Å²) in [5.74, 6) is 0. The third-order valence-corrected chi connectivity index (χ3v) is 4.90. The second-order valence-electron chi connectivity index (χ2n) is 4.24. The Bertz CT molecular complexity index is 754. The standard InChI is InChI=1S/C14H10BrClN2S/c1-8-2-5-13-12(6-8)18-14(19-13)17-9-3-4-10(15)11(16)7-9/h2-7H,1H3,(H,17,18). The van der Waals surface area contributed by atoms with E-state index >= 15 is 0 Å². The fourth-order valence-electron chi connectivity index (χ4n) is 1.79. The topological polar surface area (TPSA) is 24.9 Å². The highest BCUT2D eigenvalue weighted by molar-refractivity contribution is 9.10. The summed E-state index contributed by atoms with van der Waals surface area (Å²) in [5, 5.41) is 4.84. The van der Waals surface area contributed by atoms with Crippen LogP contribution in [0.2, 0.25) is 5.02 Å². The molecular weight excluding hydrogens is 344 g/mol. The van der Waals surface area contributed by atoms with E-state index in [-0.39, 0.29) is 0 Å². The van der Waals surface area contributed by atoms with E-state index in [1.807, 2.05) is 18.2 Å². The second kappa shape index (κ2) is 5.12. The van der Waals surface area contributed by atoms with Crippen LogP contribution >= 0.6 is 38.9 Å². The Hall–Kier alpha value is -1.10. The summed E-state index contributed by atoms with van der Waals surface area (Å²) in [6.07, 6.45) is 0. The molecule has 0 fully saturated rings. The zero-order valence-electron chi connectivity index (χ0n) is 10.1. The fourth-order valence-corrected chi connectivity index (χ4v) is 3.08. The van der Waals surface area contributed by atoms with Crippen LogP contribution in [-0.4, -0.2) is 4.98 Å². The number of thiazole rings is 1. The maximum Gasteiger partial charge on any atom is 0.188 e. The van der Waals surface area contributed by atoms with Gasteiger partial charge in [0.25, 0.3) is 0 Å². The van der Waals surface area contributed by atoms with E-state index < -0.39 is 0 Å². The van der Waals surface area contributed by atoms with E-state index in [0.717, 1.165) is 20.8 Å². The molecule has 2 nitrogen and oxygen atoms in total. The van der Waals surface area contributed by atoms with E-state index in [1.165, 1.54) is 10.3 Å². The summed E-state index contributed by atoms with van der Waals surface area (Å²) >= 11 is 11.1. The molecule has 0 amide bonds. The summed E-state index contributed by atoms with van der Waals surface area (Å²) in [6.45, 7) is 2.07. The van der Waals surface area contributed by atoms with Gasteiger partial charge >= 0.3 is 0 Å². The lowest BCUT2D eigenvalue weighted by Gasteiger charge is -2.03. The number of halogens is 2. The van der Waals surface area contributed by atoms with Crippen molar-refractivity contribution in [1.82, 2.24) is 4.98 Å². The Morgan fingerprint density at radius 1 is 1.21 bits per heavy atom. The molecule has 0 aliphatic carbocycles. The van der Waals surface area contributed by atoms with Crippen LogP contribution in [0.3, 0.4) is 0 Å².